The van der Waals surface area contributed by atoms with Crippen molar-refractivity contribution in [2.45, 2.75) is 38.6 Å². The van der Waals surface area contributed by atoms with Crippen LogP contribution in [0.3, 0.4) is 0 Å². The number of rotatable bonds is 7. The first-order valence-corrected chi connectivity index (χ1v) is 9.92. The second-order valence-corrected chi connectivity index (χ2v) is 7.16. The molecule has 2 aromatic rings. The van der Waals surface area contributed by atoms with Crippen LogP contribution in [-0.4, -0.2) is 41.4 Å². The van der Waals surface area contributed by atoms with E-state index in [2.05, 4.69) is 4.90 Å². The van der Waals surface area contributed by atoms with E-state index in [0.29, 0.717) is 12.8 Å². The minimum absolute atomic E-state index is 0.157. The highest BCUT2D eigenvalue weighted by Gasteiger charge is 2.28. The molecule has 1 amide bonds. The van der Waals surface area contributed by atoms with Gasteiger partial charge in [-0.25, -0.2) is 0 Å². The molecule has 3 rings (SSSR count). The lowest BCUT2D eigenvalue weighted by Gasteiger charge is -2.38. The Balaban J connectivity index is 1.59. The van der Waals surface area contributed by atoms with Gasteiger partial charge in [0, 0.05) is 49.4 Å². The van der Waals surface area contributed by atoms with Gasteiger partial charge >= 0.3 is 0 Å². The highest BCUT2D eigenvalue weighted by molar-refractivity contribution is 5.93. The lowest BCUT2D eigenvalue weighted by Crippen LogP contribution is -2.47. The summed E-state index contributed by atoms with van der Waals surface area (Å²) in [6, 6.07) is 17.0. The van der Waals surface area contributed by atoms with Crippen LogP contribution in [0.1, 0.15) is 31.7 Å². The number of nitro groups is 1. The SMILES string of the molecule is CCC(=O)N(c1ccccc1)C1CCN(CCc2ccccc2[N+](=O)[O-])CC1. The third-order valence-corrected chi connectivity index (χ3v) is 5.41. The van der Waals surface area contributed by atoms with Crippen molar-refractivity contribution in [1.82, 2.24) is 4.90 Å². The zero-order valence-corrected chi connectivity index (χ0v) is 16.3. The molecule has 28 heavy (non-hydrogen) atoms. The van der Waals surface area contributed by atoms with Crippen molar-refractivity contribution in [3.63, 3.8) is 0 Å². The number of anilines is 1. The van der Waals surface area contributed by atoms with Crippen LogP contribution in [0.15, 0.2) is 54.6 Å². The van der Waals surface area contributed by atoms with E-state index in [1.807, 2.05) is 54.3 Å². The predicted molar refractivity (Wildman–Crippen MR) is 110 cm³/mol. The number of carbonyl (C=O) groups is 1. The van der Waals surface area contributed by atoms with Crippen LogP contribution in [0.4, 0.5) is 11.4 Å². The fourth-order valence-corrected chi connectivity index (χ4v) is 3.90. The van der Waals surface area contributed by atoms with Crippen LogP contribution in [0.25, 0.3) is 0 Å². The summed E-state index contributed by atoms with van der Waals surface area (Å²) in [7, 11) is 0. The maximum absolute atomic E-state index is 12.6. The van der Waals surface area contributed by atoms with E-state index in [-0.39, 0.29) is 22.6 Å². The van der Waals surface area contributed by atoms with Crippen molar-refractivity contribution in [2.75, 3.05) is 24.5 Å². The number of likely N-dealkylation sites (tertiary alicyclic amines) is 1. The van der Waals surface area contributed by atoms with Crippen molar-refractivity contribution in [3.05, 3.63) is 70.3 Å². The smallest absolute Gasteiger partial charge is 0.272 e. The fourth-order valence-electron chi connectivity index (χ4n) is 3.90. The lowest BCUT2D eigenvalue weighted by atomic mass is 10.0. The second kappa shape index (κ2) is 9.46. The third-order valence-electron chi connectivity index (χ3n) is 5.41. The van der Waals surface area contributed by atoms with Gasteiger partial charge < -0.3 is 9.80 Å². The minimum Gasteiger partial charge on any atom is -0.309 e. The standard InChI is InChI=1S/C22H27N3O3/c1-2-22(26)24(19-9-4-3-5-10-19)20-13-16-23(17-14-20)15-12-18-8-6-7-11-21(18)25(27)28/h3-11,20H,2,12-17H2,1H3. The number of amides is 1. The molecular weight excluding hydrogens is 354 g/mol. The summed E-state index contributed by atoms with van der Waals surface area (Å²) in [4.78, 5) is 27.7. The van der Waals surface area contributed by atoms with Gasteiger partial charge in [0.15, 0.2) is 0 Å². The molecule has 1 saturated heterocycles. The van der Waals surface area contributed by atoms with Crippen molar-refractivity contribution >= 4 is 17.3 Å². The van der Waals surface area contributed by atoms with E-state index in [0.717, 1.165) is 43.7 Å². The van der Waals surface area contributed by atoms with Crippen LogP contribution in [0.5, 0.6) is 0 Å². The molecule has 0 unspecified atom stereocenters. The van der Waals surface area contributed by atoms with Crippen molar-refractivity contribution < 1.29 is 9.72 Å². The summed E-state index contributed by atoms with van der Waals surface area (Å²) < 4.78 is 0. The largest absolute Gasteiger partial charge is 0.309 e. The van der Waals surface area contributed by atoms with Gasteiger partial charge in [-0.2, -0.15) is 0 Å². The summed E-state index contributed by atoms with van der Waals surface area (Å²) in [6.45, 7) is 4.49. The van der Waals surface area contributed by atoms with Gasteiger partial charge in [-0.3, -0.25) is 14.9 Å². The molecule has 0 N–H and O–H groups in total. The number of carbonyl (C=O) groups excluding carboxylic acids is 1. The Kier molecular flexibility index (Phi) is 6.76. The monoisotopic (exact) mass is 381 g/mol. The molecular formula is C22H27N3O3. The van der Waals surface area contributed by atoms with Gasteiger partial charge in [-0.05, 0) is 31.4 Å². The molecule has 0 aromatic heterocycles. The molecule has 1 aliphatic heterocycles. The Labute approximate surface area is 165 Å². The molecule has 0 bridgehead atoms. The van der Waals surface area contributed by atoms with Crippen LogP contribution < -0.4 is 4.90 Å². The number of nitrogens with zero attached hydrogens (tertiary/aromatic N) is 3. The second-order valence-electron chi connectivity index (χ2n) is 7.16. The topological polar surface area (TPSA) is 66.7 Å². The number of hydrogen-bond acceptors (Lipinski definition) is 4. The summed E-state index contributed by atoms with van der Waals surface area (Å²) in [5, 5.41) is 11.2. The number of benzene rings is 2. The maximum Gasteiger partial charge on any atom is 0.272 e. The normalized spacial score (nSPS) is 15.3. The average Bonchev–Trinajstić information content (AvgIpc) is 2.74. The Morgan fingerprint density at radius 2 is 1.75 bits per heavy atom. The van der Waals surface area contributed by atoms with E-state index in [9.17, 15) is 14.9 Å². The molecule has 0 aliphatic carbocycles. The number of piperidine rings is 1. The zero-order chi connectivity index (χ0) is 19.9. The van der Waals surface area contributed by atoms with Gasteiger partial charge in [-0.1, -0.05) is 43.3 Å². The third kappa shape index (κ3) is 4.75. The number of hydrogen-bond donors (Lipinski definition) is 0. The Hall–Kier alpha value is -2.73. The first kappa shape index (κ1) is 20.0. The average molecular weight is 381 g/mol. The molecule has 0 radical (unpaired) electrons. The van der Waals surface area contributed by atoms with Crippen LogP contribution >= 0.6 is 0 Å². The van der Waals surface area contributed by atoms with E-state index in [4.69, 9.17) is 0 Å². The van der Waals surface area contributed by atoms with E-state index in [1.165, 1.54) is 0 Å². The molecule has 0 spiro atoms. The van der Waals surface area contributed by atoms with Gasteiger partial charge in [0.2, 0.25) is 5.91 Å². The van der Waals surface area contributed by atoms with Crippen molar-refractivity contribution in [3.8, 4) is 0 Å². The van der Waals surface area contributed by atoms with E-state index >= 15 is 0 Å². The van der Waals surface area contributed by atoms with E-state index in [1.54, 1.807) is 12.1 Å². The quantitative estimate of drug-likeness (QED) is 0.536. The van der Waals surface area contributed by atoms with Gasteiger partial charge in [0.05, 0.1) is 4.92 Å². The van der Waals surface area contributed by atoms with Gasteiger partial charge in [0.1, 0.15) is 0 Å². The molecule has 1 heterocycles. The highest BCUT2D eigenvalue weighted by atomic mass is 16.6. The molecule has 2 aromatic carbocycles. The van der Waals surface area contributed by atoms with E-state index < -0.39 is 0 Å². The van der Waals surface area contributed by atoms with Crippen molar-refractivity contribution in [1.29, 1.82) is 0 Å². The number of nitro benzene ring substituents is 1. The predicted octanol–water partition coefficient (Wildman–Crippen LogP) is 4.04. The van der Waals surface area contributed by atoms with Crippen LogP contribution in [0, 0.1) is 10.1 Å². The van der Waals surface area contributed by atoms with Gasteiger partial charge in [-0.15, -0.1) is 0 Å². The Morgan fingerprint density at radius 3 is 2.39 bits per heavy atom. The summed E-state index contributed by atoms with van der Waals surface area (Å²) in [5.41, 5.74) is 1.94. The lowest BCUT2D eigenvalue weighted by molar-refractivity contribution is -0.385. The molecule has 6 heteroatoms. The fraction of sp³-hybridized carbons (Fsp3) is 0.409. The number of para-hydroxylation sites is 2. The summed E-state index contributed by atoms with van der Waals surface area (Å²) >= 11 is 0. The molecule has 0 saturated carbocycles. The highest BCUT2D eigenvalue weighted by Crippen LogP contribution is 2.25. The summed E-state index contributed by atoms with van der Waals surface area (Å²) in [5.74, 6) is 0.157. The van der Waals surface area contributed by atoms with Crippen LogP contribution in [0.2, 0.25) is 0 Å². The maximum atomic E-state index is 12.6. The molecule has 148 valence electrons. The van der Waals surface area contributed by atoms with Crippen molar-refractivity contribution in [2.24, 2.45) is 0 Å². The minimum atomic E-state index is -0.310. The Morgan fingerprint density at radius 1 is 1.11 bits per heavy atom. The van der Waals surface area contributed by atoms with Crippen LogP contribution in [-0.2, 0) is 11.2 Å². The first-order valence-electron chi connectivity index (χ1n) is 9.92. The first-order chi connectivity index (χ1) is 13.6. The molecule has 1 fully saturated rings. The zero-order valence-electron chi connectivity index (χ0n) is 16.3. The molecule has 0 atom stereocenters. The summed E-state index contributed by atoms with van der Waals surface area (Å²) in [6.07, 6.45) is 2.99. The Bertz CT molecular complexity index is 802. The molecule has 1 aliphatic rings. The molecule has 6 nitrogen and oxygen atoms in total. The van der Waals surface area contributed by atoms with Gasteiger partial charge in [0.25, 0.3) is 5.69 Å².